The Morgan fingerprint density at radius 3 is 1.40 bits per heavy atom. The fourth-order valence-electron chi connectivity index (χ4n) is 11.9. The molecule has 3 aliphatic rings. The van der Waals surface area contributed by atoms with Crippen molar-refractivity contribution in [1.29, 1.82) is 0 Å². The Morgan fingerprint density at radius 2 is 0.746 bits per heavy atom. The number of hydrogen-bond donors (Lipinski definition) is 0. The van der Waals surface area contributed by atoms with Gasteiger partial charge < -0.3 is 4.74 Å². The maximum absolute atomic E-state index is 6.72. The fourth-order valence-corrected chi connectivity index (χ4v) is 11.9. The smallest absolute Gasteiger partial charge is 0.160 e. The number of ether oxygens (including phenoxy) is 1. The van der Waals surface area contributed by atoms with Gasteiger partial charge in [0.05, 0.1) is 22.2 Å². The number of nitrogens with zero attached hydrogens (tertiary/aromatic N) is 2. The van der Waals surface area contributed by atoms with E-state index in [0.717, 1.165) is 56.3 Å². The third-order valence-electron chi connectivity index (χ3n) is 14.6. The van der Waals surface area contributed by atoms with Crippen LogP contribution in [0.3, 0.4) is 0 Å². The van der Waals surface area contributed by atoms with Gasteiger partial charge in [0.2, 0.25) is 0 Å². The van der Waals surface area contributed by atoms with E-state index in [1.165, 1.54) is 60.8 Å². The summed E-state index contributed by atoms with van der Waals surface area (Å²) in [5.74, 6) is 2.49. The van der Waals surface area contributed by atoms with Crippen LogP contribution in [0.2, 0.25) is 0 Å². The molecule has 0 fully saturated rings. The molecule has 312 valence electrons. The molecule has 0 unspecified atom stereocenters. The lowest BCUT2D eigenvalue weighted by atomic mass is 9.51. The van der Waals surface area contributed by atoms with Gasteiger partial charge in [0.25, 0.3) is 0 Å². The molecule has 0 N–H and O–H groups in total. The third-order valence-corrected chi connectivity index (χ3v) is 14.6. The normalized spacial score (nSPS) is 14.0. The monoisotopic (exact) mass is 852 g/mol. The summed E-state index contributed by atoms with van der Waals surface area (Å²) < 4.78 is 6.72. The summed E-state index contributed by atoms with van der Waals surface area (Å²) in [6.07, 6.45) is 0. The number of fused-ring (bicyclic) bond motifs is 16. The number of para-hydroxylation sites is 2. The lowest BCUT2D eigenvalue weighted by Crippen LogP contribution is -2.45. The summed E-state index contributed by atoms with van der Waals surface area (Å²) in [7, 11) is 0. The van der Waals surface area contributed by atoms with Gasteiger partial charge in [0.1, 0.15) is 11.5 Å². The standard InChI is InChI=1S/C64H40N2O/c1-2-18-44(19-3-1)62-65-57(40-58(66-62)46-38-33-41-17-4-5-20-45(41)39-46)43-36-34-42(35-37-43)47-22-16-30-56-61(47)48-21-6-7-23-49(48)63(56)50-24-8-10-26-52(50)64(53-27-11-9-25-51(53)63)54-28-12-14-31-59(54)67-60-32-15-13-29-55(60)64/h1-40H. The first-order valence-corrected chi connectivity index (χ1v) is 23.1. The second-order valence-electron chi connectivity index (χ2n) is 17.9. The van der Waals surface area contributed by atoms with Crippen LogP contribution in [0.4, 0.5) is 0 Å². The molecule has 10 aromatic carbocycles. The second-order valence-corrected chi connectivity index (χ2v) is 17.9. The van der Waals surface area contributed by atoms with E-state index in [-0.39, 0.29) is 0 Å². The maximum atomic E-state index is 6.72. The van der Waals surface area contributed by atoms with Crippen LogP contribution >= 0.6 is 0 Å². The Balaban J connectivity index is 0.956. The Kier molecular flexibility index (Phi) is 8.11. The molecule has 3 heteroatoms. The summed E-state index contributed by atoms with van der Waals surface area (Å²) in [5, 5.41) is 2.39. The molecular weight excluding hydrogens is 813 g/mol. The summed E-state index contributed by atoms with van der Waals surface area (Å²) >= 11 is 0. The summed E-state index contributed by atoms with van der Waals surface area (Å²) in [5.41, 5.74) is 18.6. The highest BCUT2D eigenvalue weighted by molar-refractivity contribution is 5.97. The summed E-state index contributed by atoms with van der Waals surface area (Å²) in [6.45, 7) is 0. The van der Waals surface area contributed by atoms with Crippen molar-refractivity contribution < 1.29 is 4.74 Å². The zero-order chi connectivity index (χ0) is 44.1. The number of hydrogen-bond acceptors (Lipinski definition) is 3. The summed E-state index contributed by atoms with van der Waals surface area (Å²) in [6, 6.07) is 88.1. The number of aromatic nitrogens is 2. The van der Waals surface area contributed by atoms with Crippen LogP contribution in [0, 0.1) is 0 Å². The van der Waals surface area contributed by atoms with Gasteiger partial charge in [0, 0.05) is 27.8 Å². The van der Waals surface area contributed by atoms with Crippen molar-refractivity contribution >= 4 is 10.8 Å². The van der Waals surface area contributed by atoms with Crippen molar-refractivity contribution in [3.05, 3.63) is 287 Å². The highest BCUT2D eigenvalue weighted by atomic mass is 16.5. The minimum Gasteiger partial charge on any atom is -0.457 e. The van der Waals surface area contributed by atoms with Gasteiger partial charge in [-0.1, -0.05) is 218 Å². The van der Waals surface area contributed by atoms with E-state index in [4.69, 9.17) is 14.7 Å². The molecule has 2 aliphatic carbocycles. The van der Waals surface area contributed by atoms with Crippen LogP contribution in [0.1, 0.15) is 44.5 Å². The van der Waals surface area contributed by atoms with Crippen LogP contribution in [0.15, 0.2) is 243 Å². The van der Waals surface area contributed by atoms with Gasteiger partial charge in [-0.3, -0.25) is 0 Å². The summed E-state index contributed by atoms with van der Waals surface area (Å²) in [4.78, 5) is 10.3. The first-order valence-electron chi connectivity index (χ1n) is 23.1. The largest absolute Gasteiger partial charge is 0.457 e. The number of rotatable bonds is 4. The molecule has 0 saturated heterocycles. The maximum Gasteiger partial charge on any atom is 0.160 e. The first kappa shape index (κ1) is 37.7. The molecule has 0 amide bonds. The zero-order valence-electron chi connectivity index (χ0n) is 36.4. The highest BCUT2D eigenvalue weighted by Gasteiger charge is 2.58. The van der Waals surface area contributed by atoms with Crippen LogP contribution in [-0.2, 0) is 10.8 Å². The topological polar surface area (TPSA) is 35.0 Å². The van der Waals surface area contributed by atoms with E-state index < -0.39 is 10.8 Å². The molecule has 11 aromatic rings. The predicted molar refractivity (Wildman–Crippen MR) is 271 cm³/mol. The van der Waals surface area contributed by atoms with Gasteiger partial charge in [-0.25, -0.2) is 9.97 Å². The van der Waals surface area contributed by atoms with Crippen LogP contribution in [-0.4, -0.2) is 9.97 Å². The van der Waals surface area contributed by atoms with Gasteiger partial charge in [-0.15, -0.1) is 0 Å². The Labute approximate surface area is 389 Å². The average Bonchev–Trinajstić information content (AvgIpc) is 3.71. The Hall–Kier alpha value is -8.66. The van der Waals surface area contributed by atoms with Crippen molar-refractivity contribution in [2.24, 2.45) is 0 Å². The van der Waals surface area contributed by atoms with Crippen molar-refractivity contribution in [3.63, 3.8) is 0 Å². The predicted octanol–water partition coefficient (Wildman–Crippen LogP) is 15.5. The number of benzene rings is 10. The van der Waals surface area contributed by atoms with Crippen molar-refractivity contribution in [2.75, 3.05) is 0 Å². The minimum absolute atomic E-state index is 0.587. The third kappa shape index (κ3) is 5.28. The second kappa shape index (κ2) is 14.4. The molecule has 1 aromatic heterocycles. The average molecular weight is 853 g/mol. The van der Waals surface area contributed by atoms with Gasteiger partial charge in [-0.2, -0.15) is 0 Å². The zero-order valence-corrected chi connectivity index (χ0v) is 36.4. The minimum atomic E-state index is -0.607. The van der Waals surface area contributed by atoms with E-state index in [9.17, 15) is 0 Å². The van der Waals surface area contributed by atoms with E-state index in [1.807, 2.05) is 18.2 Å². The van der Waals surface area contributed by atoms with Crippen LogP contribution in [0.5, 0.6) is 11.5 Å². The highest BCUT2D eigenvalue weighted by Crippen LogP contribution is 2.67. The van der Waals surface area contributed by atoms with Gasteiger partial charge in [-0.05, 0) is 90.7 Å². The molecule has 0 bridgehead atoms. The molecule has 14 rings (SSSR count). The van der Waals surface area contributed by atoms with E-state index >= 15 is 0 Å². The van der Waals surface area contributed by atoms with Crippen molar-refractivity contribution in [2.45, 2.75) is 10.8 Å². The van der Waals surface area contributed by atoms with E-state index in [1.54, 1.807) is 0 Å². The first-order chi connectivity index (χ1) is 33.2. The molecule has 0 saturated carbocycles. The van der Waals surface area contributed by atoms with Gasteiger partial charge in [0.15, 0.2) is 5.82 Å². The van der Waals surface area contributed by atoms with Crippen molar-refractivity contribution in [3.8, 4) is 67.7 Å². The molecule has 1 aliphatic heterocycles. The Morgan fingerprint density at radius 1 is 0.284 bits per heavy atom. The van der Waals surface area contributed by atoms with Gasteiger partial charge >= 0.3 is 0 Å². The van der Waals surface area contributed by atoms with E-state index in [2.05, 4.69) is 224 Å². The lowest BCUT2D eigenvalue weighted by molar-refractivity contribution is 0.429. The molecule has 3 nitrogen and oxygen atoms in total. The molecule has 67 heavy (non-hydrogen) atoms. The van der Waals surface area contributed by atoms with Crippen LogP contribution < -0.4 is 4.74 Å². The van der Waals surface area contributed by atoms with Crippen molar-refractivity contribution in [1.82, 2.24) is 9.97 Å². The quantitative estimate of drug-likeness (QED) is 0.177. The fraction of sp³-hybridized carbons (Fsp3) is 0.0312. The lowest BCUT2D eigenvalue weighted by Gasteiger charge is -2.51. The molecule has 0 atom stereocenters. The molecular formula is C64H40N2O. The SMILES string of the molecule is c1ccc(-c2nc(-c3ccc(-c4cccc5c4-c4ccccc4C54c5ccccc5C5(c6ccccc6Oc6ccccc65)c5ccccc54)cc3)cc(-c3ccc4ccccc4c3)n2)cc1. The molecule has 2 spiro atoms. The Bertz CT molecular complexity index is 3700. The molecule has 2 heterocycles. The van der Waals surface area contributed by atoms with Crippen LogP contribution in [0.25, 0.3) is 66.9 Å². The van der Waals surface area contributed by atoms with E-state index in [0.29, 0.717) is 5.82 Å². The molecule has 0 radical (unpaired) electrons.